The fraction of sp³-hybridized carbons (Fsp3) is 0.273. The summed E-state index contributed by atoms with van der Waals surface area (Å²) in [6.45, 7) is 1.79. The lowest BCUT2D eigenvalue weighted by Crippen LogP contribution is -2.21. The van der Waals surface area contributed by atoms with Crippen molar-refractivity contribution in [2.45, 2.75) is 38.8 Å². The number of nitrogens with zero attached hydrogens (tertiary/aromatic N) is 4. The van der Waals surface area contributed by atoms with Gasteiger partial charge in [0.2, 0.25) is 10.0 Å². The third kappa shape index (κ3) is 6.48. The van der Waals surface area contributed by atoms with Crippen molar-refractivity contribution in [3.05, 3.63) is 84.2 Å². The van der Waals surface area contributed by atoms with Crippen molar-refractivity contribution in [3.63, 3.8) is 0 Å². The number of H-pyrrole nitrogens is 2. The fourth-order valence-corrected chi connectivity index (χ4v) is 6.60. The molecule has 1 saturated carbocycles. The Morgan fingerprint density at radius 2 is 1.78 bits per heavy atom. The van der Waals surface area contributed by atoms with Gasteiger partial charge in [-0.1, -0.05) is 12.8 Å². The van der Waals surface area contributed by atoms with E-state index in [1.165, 1.54) is 37.8 Å². The number of hydrogen-bond donors (Lipinski definition) is 4. The summed E-state index contributed by atoms with van der Waals surface area (Å²) in [4.78, 5) is 17.0. The largest absolute Gasteiger partial charge is 0.338 e. The standard InChI is InChI=1S/C33H33FN8O2S/c1-45(43,44)39-17-21-8-23(11-25(34)10-21)26-6-7-37-33-27(26)12-30(40-33)32-28-13-29(38-19-31(28)41-42-32)24-9-22(16-36-18-24)15-35-14-20-4-2-3-5-20/h6-13,16,18-20,35,39H,2-5,14-15,17H2,1H3,(H,37,40)(H,41,42). The lowest BCUT2D eigenvalue weighted by molar-refractivity contribution is 0.489. The van der Waals surface area contributed by atoms with E-state index >= 15 is 0 Å². The molecule has 0 aliphatic heterocycles. The van der Waals surface area contributed by atoms with Crippen molar-refractivity contribution in [2.75, 3.05) is 12.8 Å². The second-order valence-corrected chi connectivity index (χ2v) is 13.6. The lowest BCUT2D eigenvalue weighted by atomic mass is 10.0. The van der Waals surface area contributed by atoms with Crippen molar-refractivity contribution < 1.29 is 12.8 Å². The van der Waals surface area contributed by atoms with Crippen LogP contribution in [0.2, 0.25) is 0 Å². The molecule has 230 valence electrons. The van der Waals surface area contributed by atoms with E-state index < -0.39 is 15.8 Å². The minimum absolute atomic E-state index is 0.0127. The Morgan fingerprint density at radius 1 is 0.933 bits per heavy atom. The van der Waals surface area contributed by atoms with Crippen molar-refractivity contribution in [1.82, 2.24) is 40.2 Å². The number of pyridine rings is 3. The van der Waals surface area contributed by atoms with Crippen LogP contribution in [0.3, 0.4) is 0 Å². The van der Waals surface area contributed by atoms with Gasteiger partial charge in [-0.2, -0.15) is 5.10 Å². The number of aromatic nitrogens is 6. The lowest BCUT2D eigenvalue weighted by Gasteiger charge is -2.11. The molecule has 5 aromatic heterocycles. The summed E-state index contributed by atoms with van der Waals surface area (Å²) >= 11 is 0. The molecule has 0 saturated heterocycles. The van der Waals surface area contributed by atoms with Crippen LogP contribution in [0.25, 0.3) is 55.7 Å². The summed E-state index contributed by atoms with van der Waals surface area (Å²) in [6.07, 6.45) is 13.5. The van der Waals surface area contributed by atoms with Crippen LogP contribution < -0.4 is 10.0 Å². The van der Waals surface area contributed by atoms with E-state index in [-0.39, 0.29) is 6.54 Å². The molecule has 0 amide bonds. The number of halogens is 1. The predicted molar refractivity (Wildman–Crippen MR) is 173 cm³/mol. The maximum absolute atomic E-state index is 14.6. The molecule has 10 nitrogen and oxygen atoms in total. The fourth-order valence-electron chi connectivity index (χ4n) is 6.17. The van der Waals surface area contributed by atoms with Gasteiger partial charge in [0.05, 0.1) is 29.4 Å². The van der Waals surface area contributed by atoms with Crippen molar-refractivity contribution in [2.24, 2.45) is 5.92 Å². The van der Waals surface area contributed by atoms with Gasteiger partial charge in [-0.05, 0) is 90.0 Å². The highest BCUT2D eigenvalue weighted by molar-refractivity contribution is 7.88. The first-order valence-corrected chi connectivity index (χ1v) is 16.9. The van der Waals surface area contributed by atoms with E-state index in [4.69, 9.17) is 0 Å². The quantitative estimate of drug-likeness (QED) is 0.153. The Hall–Kier alpha value is -4.52. The molecule has 0 spiro atoms. The minimum atomic E-state index is -3.43. The molecule has 4 N–H and O–H groups in total. The molecular formula is C33H33FN8O2S. The maximum Gasteiger partial charge on any atom is 0.209 e. The molecule has 1 aliphatic rings. The SMILES string of the molecule is CS(=O)(=O)NCc1cc(F)cc(-c2ccnc3[nH]c(-c4n[nH]c5cnc(-c6cncc(CNCC7CCCC7)c6)cc45)cc23)c1. The van der Waals surface area contributed by atoms with Gasteiger partial charge in [0, 0.05) is 48.0 Å². The zero-order chi connectivity index (χ0) is 31.0. The summed E-state index contributed by atoms with van der Waals surface area (Å²) in [5, 5.41) is 12.9. The Labute approximate surface area is 260 Å². The second-order valence-electron chi connectivity index (χ2n) is 11.8. The van der Waals surface area contributed by atoms with Crippen molar-refractivity contribution in [1.29, 1.82) is 0 Å². The molecule has 0 unspecified atom stereocenters. The number of fused-ring (bicyclic) bond motifs is 2. The molecule has 0 bridgehead atoms. The Balaban J connectivity index is 1.19. The van der Waals surface area contributed by atoms with E-state index in [9.17, 15) is 12.8 Å². The Kier molecular flexibility index (Phi) is 7.86. The van der Waals surface area contributed by atoms with Crippen LogP contribution in [-0.4, -0.2) is 51.4 Å². The van der Waals surface area contributed by atoms with Crippen LogP contribution >= 0.6 is 0 Å². The normalized spacial score (nSPS) is 14.2. The topological polar surface area (TPSA) is 141 Å². The highest BCUT2D eigenvalue weighted by atomic mass is 32.2. The van der Waals surface area contributed by atoms with Gasteiger partial charge in [0.15, 0.2) is 0 Å². The predicted octanol–water partition coefficient (Wildman–Crippen LogP) is 5.70. The van der Waals surface area contributed by atoms with E-state index in [1.54, 1.807) is 18.5 Å². The third-order valence-corrected chi connectivity index (χ3v) is 9.04. The first-order valence-electron chi connectivity index (χ1n) is 15.0. The highest BCUT2D eigenvalue weighted by Gasteiger charge is 2.17. The molecule has 1 aromatic carbocycles. The van der Waals surface area contributed by atoms with Crippen LogP contribution in [-0.2, 0) is 23.1 Å². The first kappa shape index (κ1) is 29.2. The van der Waals surface area contributed by atoms with Gasteiger partial charge in [-0.15, -0.1) is 0 Å². The molecule has 0 radical (unpaired) electrons. The molecule has 12 heteroatoms. The summed E-state index contributed by atoms with van der Waals surface area (Å²) in [5.41, 5.74) is 7.57. The molecule has 5 heterocycles. The average Bonchev–Trinajstić information content (AvgIpc) is 3.79. The molecule has 0 atom stereocenters. The minimum Gasteiger partial charge on any atom is -0.338 e. The van der Waals surface area contributed by atoms with Gasteiger partial charge in [0.1, 0.15) is 17.2 Å². The van der Waals surface area contributed by atoms with Gasteiger partial charge < -0.3 is 10.3 Å². The van der Waals surface area contributed by atoms with E-state index in [2.05, 4.69) is 46.2 Å². The first-order chi connectivity index (χ1) is 21.8. The van der Waals surface area contributed by atoms with Gasteiger partial charge >= 0.3 is 0 Å². The van der Waals surface area contributed by atoms with E-state index in [1.807, 2.05) is 30.6 Å². The highest BCUT2D eigenvalue weighted by Crippen LogP contribution is 2.35. The number of nitrogens with one attached hydrogen (secondary N) is 4. The summed E-state index contributed by atoms with van der Waals surface area (Å²) in [6, 6.07) is 12.4. The average molecular weight is 625 g/mol. The van der Waals surface area contributed by atoms with Crippen molar-refractivity contribution >= 4 is 32.0 Å². The van der Waals surface area contributed by atoms with Gasteiger partial charge in [0.25, 0.3) is 0 Å². The van der Waals surface area contributed by atoms with Crippen LogP contribution in [0.4, 0.5) is 4.39 Å². The molecular weight excluding hydrogens is 591 g/mol. The molecule has 6 aromatic rings. The molecule has 45 heavy (non-hydrogen) atoms. The smallest absolute Gasteiger partial charge is 0.209 e. The van der Waals surface area contributed by atoms with Crippen LogP contribution in [0, 0.1) is 11.7 Å². The Morgan fingerprint density at radius 3 is 2.62 bits per heavy atom. The van der Waals surface area contributed by atoms with Gasteiger partial charge in [-0.25, -0.2) is 22.5 Å². The monoisotopic (exact) mass is 624 g/mol. The number of sulfonamides is 1. The van der Waals surface area contributed by atoms with Crippen LogP contribution in [0.15, 0.2) is 67.3 Å². The molecule has 1 fully saturated rings. The molecule has 1 aliphatic carbocycles. The zero-order valence-electron chi connectivity index (χ0n) is 24.8. The number of rotatable bonds is 10. The molecule has 7 rings (SSSR count). The zero-order valence-corrected chi connectivity index (χ0v) is 25.6. The van der Waals surface area contributed by atoms with Crippen LogP contribution in [0.5, 0.6) is 0 Å². The summed E-state index contributed by atoms with van der Waals surface area (Å²) in [7, 11) is -3.43. The maximum atomic E-state index is 14.6. The number of hydrogen-bond acceptors (Lipinski definition) is 7. The summed E-state index contributed by atoms with van der Waals surface area (Å²) < 4.78 is 40.2. The number of benzene rings is 1. The van der Waals surface area contributed by atoms with E-state index in [0.717, 1.165) is 69.6 Å². The number of aromatic amines is 2. The summed E-state index contributed by atoms with van der Waals surface area (Å²) in [5.74, 6) is 0.316. The Bertz CT molecular complexity index is 2120. The van der Waals surface area contributed by atoms with Gasteiger partial charge in [-0.3, -0.25) is 15.1 Å². The van der Waals surface area contributed by atoms with Crippen LogP contribution in [0.1, 0.15) is 36.8 Å². The van der Waals surface area contributed by atoms with Crippen molar-refractivity contribution in [3.8, 4) is 33.8 Å². The second kappa shape index (κ2) is 12.1. The van der Waals surface area contributed by atoms with E-state index in [0.29, 0.717) is 22.5 Å². The third-order valence-electron chi connectivity index (χ3n) is 8.37.